The van der Waals surface area contributed by atoms with Crippen molar-refractivity contribution in [2.45, 2.75) is 12.5 Å². The van der Waals surface area contributed by atoms with Crippen molar-refractivity contribution in [2.24, 2.45) is 4.99 Å². The summed E-state index contributed by atoms with van der Waals surface area (Å²) in [6.45, 7) is 0. The number of benzene rings is 1. The van der Waals surface area contributed by atoms with E-state index in [1.165, 1.54) is 6.33 Å². The highest BCUT2D eigenvalue weighted by molar-refractivity contribution is 6.00. The first-order valence-corrected chi connectivity index (χ1v) is 7.53. The van der Waals surface area contributed by atoms with Gasteiger partial charge in [0.2, 0.25) is 5.95 Å². The topological polar surface area (TPSA) is 74.7 Å². The largest absolute Gasteiger partial charge is 0.493 e. The summed E-state index contributed by atoms with van der Waals surface area (Å²) in [6.07, 6.45) is 3.81. The lowest BCUT2D eigenvalue weighted by Crippen LogP contribution is -2.21. The van der Waals surface area contributed by atoms with Crippen LogP contribution in [0, 0.1) is 0 Å². The second-order valence-electron chi connectivity index (χ2n) is 5.37. The van der Waals surface area contributed by atoms with Gasteiger partial charge in [0.05, 0.1) is 32.2 Å². The van der Waals surface area contributed by atoms with E-state index >= 15 is 0 Å². The van der Waals surface area contributed by atoms with Crippen LogP contribution in [0.2, 0.25) is 0 Å². The first kappa shape index (κ1) is 14.5. The van der Waals surface area contributed by atoms with Crippen molar-refractivity contribution in [3.8, 4) is 11.5 Å². The van der Waals surface area contributed by atoms with Crippen LogP contribution in [0.4, 0.5) is 5.95 Å². The summed E-state index contributed by atoms with van der Waals surface area (Å²) >= 11 is 0. The lowest BCUT2D eigenvalue weighted by molar-refractivity contribution is 0.353. The Balaban J connectivity index is 1.77. The smallest absolute Gasteiger partial charge is 0.248 e. The molecule has 7 heteroatoms. The average Bonchev–Trinajstić information content (AvgIpc) is 3.31. The number of aliphatic imine (C=N–C) groups is 1. The molecular formula is C17H16N4O3. The monoisotopic (exact) mass is 324 g/mol. The standard InChI is InChI=1S/C17H16N4O3/c1-22-15-6-5-11(8-16(15)23-2)13-9-12(14-4-3-7-24-14)20-17-18-10-19-21(13)17/h3-8,10,13H,9H2,1-2H3. The Morgan fingerprint density at radius 2 is 2.04 bits per heavy atom. The first-order chi connectivity index (χ1) is 11.8. The molecule has 3 aromatic rings. The second-order valence-corrected chi connectivity index (χ2v) is 5.37. The lowest BCUT2D eigenvalue weighted by atomic mass is 9.98. The molecule has 7 nitrogen and oxygen atoms in total. The van der Waals surface area contributed by atoms with Crippen LogP contribution < -0.4 is 9.47 Å². The first-order valence-electron chi connectivity index (χ1n) is 7.53. The van der Waals surface area contributed by atoms with E-state index in [9.17, 15) is 0 Å². The lowest BCUT2D eigenvalue weighted by Gasteiger charge is -2.23. The number of ether oxygens (including phenoxy) is 2. The predicted molar refractivity (Wildman–Crippen MR) is 87.2 cm³/mol. The molecule has 1 unspecified atom stereocenters. The average molecular weight is 324 g/mol. The van der Waals surface area contributed by atoms with Crippen LogP contribution in [-0.4, -0.2) is 34.7 Å². The molecule has 0 bridgehead atoms. The number of furan rings is 1. The Bertz CT molecular complexity index is 883. The van der Waals surface area contributed by atoms with Crippen molar-refractivity contribution >= 4 is 11.7 Å². The molecule has 1 aliphatic heterocycles. The molecule has 0 fully saturated rings. The van der Waals surface area contributed by atoms with Gasteiger partial charge in [0.25, 0.3) is 0 Å². The van der Waals surface area contributed by atoms with Gasteiger partial charge in [-0.05, 0) is 29.8 Å². The van der Waals surface area contributed by atoms with Crippen LogP contribution in [0.1, 0.15) is 23.8 Å². The summed E-state index contributed by atoms with van der Waals surface area (Å²) in [5.74, 6) is 2.68. The molecule has 0 aliphatic carbocycles. The maximum Gasteiger partial charge on any atom is 0.248 e. The van der Waals surface area contributed by atoms with E-state index in [0.717, 1.165) is 17.0 Å². The Hall–Kier alpha value is -3.09. The van der Waals surface area contributed by atoms with Crippen molar-refractivity contribution in [3.05, 3.63) is 54.2 Å². The van der Waals surface area contributed by atoms with Crippen LogP contribution in [-0.2, 0) is 0 Å². The minimum Gasteiger partial charge on any atom is -0.493 e. The molecule has 0 amide bonds. The SMILES string of the molecule is COc1ccc(C2CC(c3ccco3)=Nc3ncnn32)cc1OC. The molecule has 0 saturated heterocycles. The molecule has 0 radical (unpaired) electrons. The van der Waals surface area contributed by atoms with Gasteiger partial charge in [-0.3, -0.25) is 0 Å². The zero-order valence-corrected chi connectivity index (χ0v) is 13.3. The van der Waals surface area contributed by atoms with Crippen LogP contribution >= 0.6 is 0 Å². The molecule has 0 saturated carbocycles. The fourth-order valence-electron chi connectivity index (χ4n) is 2.90. The second kappa shape index (κ2) is 5.84. The molecule has 24 heavy (non-hydrogen) atoms. The molecule has 1 atom stereocenters. The fourth-order valence-corrected chi connectivity index (χ4v) is 2.90. The molecular weight excluding hydrogens is 308 g/mol. The zero-order valence-electron chi connectivity index (χ0n) is 13.3. The van der Waals surface area contributed by atoms with Crippen molar-refractivity contribution in [1.82, 2.24) is 14.8 Å². The summed E-state index contributed by atoms with van der Waals surface area (Å²) in [7, 11) is 3.24. The van der Waals surface area contributed by atoms with Crippen molar-refractivity contribution in [1.29, 1.82) is 0 Å². The van der Waals surface area contributed by atoms with Gasteiger partial charge in [-0.15, -0.1) is 0 Å². The highest BCUT2D eigenvalue weighted by Gasteiger charge is 2.27. The molecule has 3 heterocycles. The maximum absolute atomic E-state index is 5.50. The van der Waals surface area contributed by atoms with E-state index in [0.29, 0.717) is 23.9 Å². The van der Waals surface area contributed by atoms with Crippen LogP contribution in [0.5, 0.6) is 11.5 Å². The molecule has 1 aromatic carbocycles. The van der Waals surface area contributed by atoms with Crippen molar-refractivity contribution in [2.75, 3.05) is 14.2 Å². The number of aromatic nitrogens is 3. The van der Waals surface area contributed by atoms with Gasteiger partial charge in [-0.1, -0.05) is 6.07 Å². The summed E-state index contributed by atoms with van der Waals surface area (Å²) in [5, 5.41) is 4.32. The number of methoxy groups -OCH3 is 2. The molecule has 0 N–H and O–H groups in total. The minimum atomic E-state index is -0.0418. The number of hydrogen-bond acceptors (Lipinski definition) is 6. The third-order valence-electron chi connectivity index (χ3n) is 4.07. The highest BCUT2D eigenvalue weighted by Crippen LogP contribution is 2.36. The Labute approximate surface area is 138 Å². The van der Waals surface area contributed by atoms with Crippen LogP contribution in [0.3, 0.4) is 0 Å². The third-order valence-corrected chi connectivity index (χ3v) is 4.07. The quantitative estimate of drug-likeness (QED) is 0.737. The summed E-state index contributed by atoms with van der Waals surface area (Å²) in [4.78, 5) is 8.79. The maximum atomic E-state index is 5.50. The number of rotatable bonds is 4. The molecule has 0 spiro atoms. The van der Waals surface area contributed by atoms with Crippen molar-refractivity contribution < 1.29 is 13.9 Å². The van der Waals surface area contributed by atoms with Gasteiger partial charge in [-0.25, -0.2) is 9.67 Å². The highest BCUT2D eigenvalue weighted by atomic mass is 16.5. The molecule has 2 aromatic heterocycles. The van der Waals surface area contributed by atoms with Gasteiger partial charge in [0.1, 0.15) is 12.1 Å². The van der Waals surface area contributed by atoms with E-state index in [1.54, 1.807) is 20.5 Å². The van der Waals surface area contributed by atoms with Gasteiger partial charge in [0.15, 0.2) is 11.5 Å². The number of fused-ring (bicyclic) bond motifs is 1. The van der Waals surface area contributed by atoms with E-state index in [4.69, 9.17) is 13.9 Å². The van der Waals surface area contributed by atoms with Crippen LogP contribution in [0.25, 0.3) is 0 Å². The minimum absolute atomic E-state index is 0.0418. The summed E-state index contributed by atoms with van der Waals surface area (Å²) < 4.78 is 18.0. The van der Waals surface area contributed by atoms with Gasteiger partial charge >= 0.3 is 0 Å². The number of hydrogen-bond donors (Lipinski definition) is 0. The van der Waals surface area contributed by atoms with Gasteiger partial charge in [0, 0.05) is 6.42 Å². The summed E-state index contributed by atoms with van der Waals surface area (Å²) in [5.41, 5.74) is 1.89. The van der Waals surface area contributed by atoms with Gasteiger partial charge < -0.3 is 13.9 Å². The van der Waals surface area contributed by atoms with E-state index in [2.05, 4.69) is 15.1 Å². The van der Waals surface area contributed by atoms with E-state index < -0.39 is 0 Å². The molecule has 4 rings (SSSR count). The molecule has 1 aliphatic rings. The van der Waals surface area contributed by atoms with E-state index in [1.807, 2.05) is 35.0 Å². The Kier molecular flexibility index (Phi) is 3.53. The van der Waals surface area contributed by atoms with Crippen molar-refractivity contribution in [3.63, 3.8) is 0 Å². The fraction of sp³-hybridized carbons (Fsp3) is 0.235. The predicted octanol–water partition coefficient (Wildman–Crippen LogP) is 3.00. The Morgan fingerprint density at radius 1 is 1.17 bits per heavy atom. The van der Waals surface area contributed by atoms with Gasteiger partial charge in [-0.2, -0.15) is 10.1 Å². The zero-order chi connectivity index (χ0) is 16.5. The Morgan fingerprint density at radius 3 is 2.79 bits per heavy atom. The van der Waals surface area contributed by atoms with Crippen LogP contribution in [0.15, 0.2) is 52.3 Å². The number of nitrogens with zero attached hydrogens (tertiary/aromatic N) is 4. The normalized spacial score (nSPS) is 16.4. The molecule has 122 valence electrons. The summed E-state index contributed by atoms with van der Waals surface area (Å²) in [6, 6.07) is 9.56. The van der Waals surface area contributed by atoms with E-state index in [-0.39, 0.29) is 6.04 Å². The third kappa shape index (κ3) is 2.34.